The minimum Gasteiger partial charge on any atom is -0.492 e. The van der Waals surface area contributed by atoms with Gasteiger partial charge in [-0.05, 0) is 64.9 Å². The van der Waals surface area contributed by atoms with E-state index in [1.54, 1.807) is 0 Å². The van der Waals surface area contributed by atoms with Crippen molar-refractivity contribution in [1.82, 2.24) is 25.1 Å². The maximum Gasteiger partial charge on any atom is 0.287 e. The van der Waals surface area contributed by atoms with Crippen LogP contribution in [0.2, 0.25) is 0 Å². The monoisotopic (exact) mass is 547 g/mol. The quantitative estimate of drug-likeness (QED) is 0.390. The van der Waals surface area contributed by atoms with Gasteiger partial charge in [0.15, 0.2) is 5.60 Å². The van der Waals surface area contributed by atoms with Gasteiger partial charge < -0.3 is 14.6 Å². The molecule has 1 N–H and O–H groups in total. The Kier molecular flexibility index (Phi) is 6.39. The number of hydrogen-bond acceptors (Lipinski definition) is 7. The Labute approximate surface area is 222 Å². The molecule has 12 heteroatoms. The molecule has 1 aliphatic heterocycles. The Hall–Kier alpha value is -3.09. The normalized spacial score (nSPS) is 26.4. The molecule has 3 saturated carbocycles. The highest BCUT2D eigenvalue weighted by atomic mass is 19.3. The number of morpholine rings is 1. The first-order valence-electron chi connectivity index (χ1n) is 13.0. The molecule has 3 aliphatic carbocycles. The van der Waals surface area contributed by atoms with Crippen LogP contribution >= 0.6 is 0 Å². The van der Waals surface area contributed by atoms with Gasteiger partial charge in [0.05, 0.1) is 19.8 Å². The number of aliphatic hydroxyl groups is 1. The van der Waals surface area contributed by atoms with Crippen molar-refractivity contribution in [1.29, 1.82) is 0 Å². The number of alkyl halides is 2. The van der Waals surface area contributed by atoms with E-state index in [1.165, 1.54) is 0 Å². The lowest BCUT2D eigenvalue weighted by molar-refractivity contribution is -0.347. The summed E-state index contributed by atoms with van der Waals surface area (Å²) in [6, 6.07) is 9.71. The summed E-state index contributed by atoms with van der Waals surface area (Å²) in [4.78, 5) is 2.28. The molecular formula is C27H29F4N5O3. The van der Waals surface area contributed by atoms with Crippen molar-refractivity contribution in [3.8, 4) is 5.75 Å². The lowest BCUT2D eigenvalue weighted by Crippen LogP contribution is -2.76. The molecule has 3 aromatic rings. The topological polar surface area (TPSA) is 85.5 Å². The minimum atomic E-state index is -3.76. The highest BCUT2D eigenvalue weighted by Crippen LogP contribution is 2.80. The molecular weight excluding hydrogens is 518 g/mol. The van der Waals surface area contributed by atoms with Gasteiger partial charge >= 0.3 is 0 Å². The third kappa shape index (κ3) is 4.29. The van der Waals surface area contributed by atoms with Crippen LogP contribution in [0.15, 0.2) is 48.8 Å². The number of halogens is 4. The molecule has 1 saturated heterocycles. The van der Waals surface area contributed by atoms with E-state index in [1.807, 2.05) is 24.3 Å². The average Bonchev–Trinajstić information content (AvgIpc) is 3.36. The molecule has 2 bridgehead atoms. The van der Waals surface area contributed by atoms with E-state index in [-0.39, 0.29) is 19.3 Å². The SMILES string of the molecule is O[C@@](Cn1cnnn1)(c1ccc(F)cc1F)C(F)(F)C12CC(c3ccc(OCCN4CCOCC4)cc3)(C1)C2. The molecule has 39 heavy (non-hydrogen) atoms. The Balaban J connectivity index is 1.16. The van der Waals surface area contributed by atoms with Crippen LogP contribution in [0.3, 0.4) is 0 Å². The number of benzene rings is 2. The van der Waals surface area contributed by atoms with Crippen molar-refractivity contribution in [2.24, 2.45) is 5.41 Å². The van der Waals surface area contributed by atoms with E-state index >= 15 is 8.78 Å². The lowest BCUT2D eigenvalue weighted by Gasteiger charge is -2.74. The summed E-state index contributed by atoms with van der Waals surface area (Å²) in [6.45, 7) is 3.78. The molecule has 4 fully saturated rings. The fraction of sp³-hybridized carbons (Fsp3) is 0.519. The summed E-state index contributed by atoms with van der Waals surface area (Å²) in [5.74, 6) is -5.23. The Morgan fingerprint density at radius 1 is 1.03 bits per heavy atom. The Morgan fingerprint density at radius 2 is 1.74 bits per heavy atom. The van der Waals surface area contributed by atoms with Crippen LogP contribution in [0.5, 0.6) is 5.75 Å². The van der Waals surface area contributed by atoms with Crippen molar-refractivity contribution in [3.05, 3.63) is 71.6 Å². The van der Waals surface area contributed by atoms with E-state index in [0.717, 1.165) is 61.6 Å². The summed E-state index contributed by atoms with van der Waals surface area (Å²) in [6.07, 6.45) is 1.46. The first-order valence-corrected chi connectivity index (χ1v) is 13.0. The minimum absolute atomic E-state index is 0.130. The van der Waals surface area contributed by atoms with Crippen molar-refractivity contribution >= 4 is 0 Å². The molecule has 0 radical (unpaired) electrons. The molecule has 1 atom stereocenters. The zero-order chi connectivity index (χ0) is 27.3. The van der Waals surface area contributed by atoms with Crippen LogP contribution in [0.1, 0.15) is 30.4 Å². The van der Waals surface area contributed by atoms with E-state index in [0.29, 0.717) is 18.4 Å². The molecule has 0 amide bonds. The van der Waals surface area contributed by atoms with E-state index < -0.39 is 46.1 Å². The fourth-order valence-corrected chi connectivity index (χ4v) is 6.55. The van der Waals surface area contributed by atoms with Gasteiger partial charge in [-0.15, -0.1) is 5.10 Å². The number of aromatic nitrogens is 4. The number of nitrogens with zero attached hydrogens (tertiary/aromatic N) is 5. The Bertz CT molecular complexity index is 1300. The smallest absolute Gasteiger partial charge is 0.287 e. The highest BCUT2D eigenvalue weighted by Gasteiger charge is 2.82. The Morgan fingerprint density at radius 3 is 2.38 bits per heavy atom. The standard InChI is InChI=1S/C27H29F4N5O3/c28-20-3-6-22(23(29)13-20)26(37,17-36-18-32-33-34-36)27(30,31)25-14-24(15-25,16-25)19-1-4-21(5-2-19)39-12-9-35-7-10-38-11-8-35/h1-6,13,18,37H,7-12,14-17H2/t24?,25?,26-/m0/s1. The third-order valence-corrected chi connectivity index (χ3v) is 8.62. The molecule has 2 heterocycles. The van der Waals surface area contributed by atoms with E-state index in [9.17, 15) is 13.9 Å². The van der Waals surface area contributed by atoms with Crippen LogP contribution in [-0.4, -0.2) is 75.6 Å². The zero-order valence-corrected chi connectivity index (χ0v) is 21.2. The van der Waals surface area contributed by atoms with E-state index in [2.05, 4.69) is 20.4 Å². The van der Waals surface area contributed by atoms with Crippen molar-refractivity contribution in [2.45, 2.75) is 42.7 Å². The van der Waals surface area contributed by atoms with Gasteiger partial charge in [-0.2, -0.15) is 0 Å². The largest absolute Gasteiger partial charge is 0.492 e. The van der Waals surface area contributed by atoms with Gasteiger partial charge in [0, 0.05) is 36.7 Å². The van der Waals surface area contributed by atoms with Gasteiger partial charge in [0.1, 0.15) is 30.3 Å². The van der Waals surface area contributed by atoms with Gasteiger partial charge in [-0.1, -0.05) is 12.1 Å². The first-order chi connectivity index (χ1) is 18.7. The molecule has 208 valence electrons. The molecule has 1 aromatic heterocycles. The molecule has 8 nitrogen and oxygen atoms in total. The number of tetrazole rings is 1. The summed E-state index contributed by atoms with van der Waals surface area (Å²) in [5, 5.41) is 21.9. The number of hydrogen-bond donors (Lipinski definition) is 1. The van der Waals surface area contributed by atoms with Crippen molar-refractivity contribution in [3.63, 3.8) is 0 Å². The van der Waals surface area contributed by atoms with Gasteiger partial charge in [-0.3, -0.25) is 4.90 Å². The first kappa shape index (κ1) is 26.1. The zero-order valence-electron chi connectivity index (χ0n) is 21.2. The fourth-order valence-electron chi connectivity index (χ4n) is 6.55. The van der Waals surface area contributed by atoms with Crippen molar-refractivity contribution < 1.29 is 32.1 Å². The van der Waals surface area contributed by atoms with Crippen LogP contribution < -0.4 is 4.74 Å². The van der Waals surface area contributed by atoms with Gasteiger partial charge in [0.2, 0.25) is 0 Å². The molecule has 4 aliphatic rings. The van der Waals surface area contributed by atoms with Gasteiger partial charge in [-0.25, -0.2) is 22.2 Å². The summed E-state index contributed by atoms with van der Waals surface area (Å²) in [7, 11) is 0. The molecule has 7 rings (SSSR count). The highest BCUT2D eigenvalue weighted by molar-refractivity contribution is 5.44. The average molecular weight is 548 g/mol. The van der Waals surface area contributed by atoms with Crippen LogP contribution in [-0.2, 0) is 22.3 Å². The number of rotatable bonds is 10. The van der Waals surface area contributed by atoms with E-state index in [4.69, 9.17) is 9.47 Å². The van der Waals surface area contributed by atoms with Crippen LogP contribution in [0.25, 0.3) is 0 Å². The maximum absolute atomic E-state index is 16.3. The second kappa shape index (κ2) is 9.53. The van der Waals surface area contributed by atoms with Crippen LogP contribution in [0, 0.1) is 17.0 Å². The summed E-state index contributed by atoms with van der Waals surface area (Å²) in [5.41, 5.74) is -4.73. The van der Waals surface area contributed by atoms with Crippen molar-refractivity contribution in [2.75, 3.05) is 39.5 Å². The molecule has 0 unspecified atom stereocenters. The number of ether oxygens (including phenoxy) is 2. The second-order valence-corrected chi connectivity index (χ2v) is 11.0. The molecule has 0 spiro atoms. The predicted octanol–water partition coefficient (Wildman–Crippen LogP) is 3.31. The van der Waals surface area contributed by atoms with Gasteiger partial charge in [0.25, 0.3) is 5.92 Å². The molecule has 2 aromatic carbocycles. The summed E-state index contributed by atoms with van der Waals surface area (Å²) < 4.78 is 73.1. The third-order valence-electron chi connectivity index (χ3n) is 8.62. The second-order valence-electron chi connectivity index (χ2n) is 11.0. The summed E-state index contributed by atoms with van der Waals surface area (Å²) >= 11 is 0. The predicted molar refractivity (Wildman–Crippen MR) is 130 cm³/mol. The lowest BCUT2D eigenvalue weighted by atomic mass is 9.30. The maximum atomic E-state index is 16.3. The van der Waals surface area contributed by atoms with Crippen LogP contribution in [0.4, 0.5) is 17.6 Å².